The smallest absolute Gasteiger partial charge is 0.157 e. The molecule has 2 aliphatic rings. The quantitative estimate of drug-likeness (QED) is 0.663. The standard InChI is InChI=1S/C17H33NO2/c1-3-5-6-8-15-9-11-18(12-10-15)16-13-19-17(7-4-2)20-14-16/h15-17H,3-14H2,1-2H3. The zero-order chi connectivity index (χ0) is 14.2. The maximum Gasteiger partial charge on any atom is 0.157 e. The average Bonchev–Trinajstić information content (AvgIpc) is 2.49. The third-order valence-electron chi connectivity index (χ3n) is 4.85. The largest absolute Gasteiger partial charge is 0.351 e. The van der Waals surface area contributed by atoms with Crippen molar-refractivity contribution in [1.82, 2.24) is 4.90 Å². The van der Waals surface area contributed by atoms with E-state index in [4.69, 9.17) is 9.47 Å². The number of nitrogens with zero attached hydrogens (tertiary/aromatic N) is 1. The summed E-state index contributed by atoms with van der Waals surface area (Å²) < 4.78 is 11.7. The second-order valence-corrected chi connectivity index (χ2v) is 6.51. The molecular weight excluding hydrogens is 250 g/mol. The first-order valence-electron chi connectivity index (χ1n) is 8.80. The van der Waals surface area contributed by atoms with E-state index in [1.165, 1.54) is 51.6 Å². The van der Waals surface area contributed by atoms with Crippen LogP contribution in [0, 0.1) is 5.92 Å². The zero-order valence-electron chi connectivity index (χ0n) is 13.5. The second kappa shape index (κ2) is 9.01. The molecular formula is C17H33NO2. The summed E-state index contributed by atoms with van der Waals surface area (Å²) in [6.07, 6.45) is 10.6. The Morgan fingerprint density at radius 3 is 2.20 bits per heavy atom. The maximum absolute atomic E-state index is 5.83. The highest BCUT2D eigenvalue weighted by molar-refractivity contribution is 4.80. The van der Waals surface area contributed by atoms with E-state index in [0.717, 1.165) is 32.0 Å². The van der Waals surface area contributed by atoms with E-state index in [1.54, 1.807) is 0 Å². The van der Waals surface area contributed by atoms with Crippen LogP contribution in [0.3, 0.4) is 0 Å². The number of ether oxygens (including phenoxy) is 2. The highest BCUT2D eigenvalue weighted by Crippen LogP contribution is 2.25. The Hall–Kier alpha value is -0.120. The molecule has 2 rings (SSSR count). The van der Waals surface area contributed by atoms with E-state index in [0.29, 0.717) is 6.04 Å². The van der Waals surface area contributed by atoms with Crippen molar-refractivity contribution >= 4 is 0 Å². The summed E-state index contributed by atoms with van der Waals surface area (Å²) in [7, 11) is 0. The van der Waals surface area contributed by atoms with E-state index < -0.39 is 0 Å². The highest BCUT2D eigenvalue weighted by atomic mass is 16.7. The monoisotopic (exact) mass is 283 g/mol. The van der Waals surface area contributed by atoms with Crippen molar-refractivity contribution in [2.75, 3.05) is 26.3 Å². The summed E-state index contributed by atoms with van der Waals surface area (Å²) in [5.41, 5.74) is 0. The van der Waals surface area contributed by atoms with Crippen LogP contribution in [-0.2, 0) is 9.47 Å². The number of hydrogen-bond acceptors (Lipinski definition) is 3. The van der Waals surface area contributed by atoms with Crippen molar-refractivity contribution in [3.8, 4) is 0 Å². The maximum atomic E-state index is 5.83. The van der Waals surface area contributed by atoms with Gasteiger partial charge in [0, 0.05) is 0 Å². The molecule has 3 heteroatoms. The van der Waals surface area contributed by atoms with Gasteiger partial charge in [0.2, 0.25) is 0 Å². The number of unbranched alkanes of at least 4 members (excludes halogenated alkanes) is 2. The number of rotatable bonds is 7. The van der Waals surface area contributed by atoms with Gasteiger partial charge in [-0.05, 0) is 38.3 Å². The first-order valence-corrected chi connectivity index (χ1v) is 8.80. The molecule has 0 aromatic rings. The molecule has 2 saturated heterocycles. The van der Waals surface area contributed by atoms with Gasteiger partial charge in [0.15, 0.2) is 6.29 Å². The van der Waals surface area contributed by atoms with Gasteiger partial charge in [-0.3, -0.25) is 4.90 Å². The van der Waals surface area contributed by atoms with Crippen LogP contribution in [-0.4, -0.2) is 43.5 Å². The van der Waals surface area contributed by atoms with Gasteiger partial charge < -0.3 is 9.47 Å². The van der Waals surface area contributed by atoms with Gasteiger partial charge in [0.25, 0.3) is 0 Å². The number of likely N-dealkylation sites (tertiary alicyclic amines) is 1. The van der Waals surface area contributed by atoms with Crippen LogP contribution in [0.5, 0.6) is 0 Å². The van der Waals surface area contributed by atoms with Gasteiger partial charge in [0.05, 0.1) is 19.3 Å². The predicted molar refractivity (Wildman–Crippen MR) is 82.8 cm³/mol. The molecule has 0 N–H and O–H groups in total. The third-order valence-corrected chi connectivity index (χ3v) is 4.85. The molecule has 118 valence electrons. The molecule has 0 radical (unpaired) electrons. The minimum absolute atomic E-state index is 0.0582. The molecule has 0 aromatic carbocycles. The van der Waals surface area contributed by atoms with Crippen molar-refractivity contribution in [3.63, 3.8) is 0 Å². The highest BCUT2D eigenvalue weighted by Gasteiger charge is 2.29. The summed E-state index contributed by atoms with van der Waals surface area (Å²) in [6.45, 7) is 8.69. The van der Waals surface area contributed by atoms with Gasteiger partial charge in [-0.25, -0.2) is 0 Å². The Morgan fingerprint density at radius 1 is 0.900 bits per heavy atom. The Bertz CT molecular complexity index is 243. The molecule has 0 aromatic heterocycles. The summed E-state index contributed by atoms with van der Waals surface area (Å²) in [5, 5.41) is 0. The lowest BCUT2D eigenvalue weighted by atomic mass is 9.90. The molecule has 0 unspecified atom stereocenters. The zero-order valence-corrected chi connectivity index (χ0v) is 13.5. The molecule has 2 aliphatic heterocycles. The topological polar surface area (TPSA) is 21.7 Å². The molecule has 3 nitrogen and oxygen atoms in total. The van der Waals surface area contributed by atoms with E-state index in [1.807, 2.05) is 0 Å². The fraction of sp³-hybridized carbons (Fsp3) is 1.00. The van der Waals surface area contributed by atoms with E-state index in [9.17, 15) is 0 Å². The molecule has 0 bridgehead atoms. The Kier molecular flexibility index (Phi) is 7.32. The molecule has 0 spiro atoms. The molecule has 2 heterocycles. The van der Waals surface area contributed by atoms with Crippen LogP contribution in [0.1, 0.15) is 65.2 Å². The van der Waals surface area contributed by atoms with Crippen molar-refractivity contribution in [3.05, 3.63) is 0 Å². The second-order valence-electron chi connectivity index (χ2n) is 6.51. The normalized spacial score (nSPS) is 29.7. The lowest BCUT2D eigenvalue weighted by Crippen LogP contribution is -2.50. The summed E-state index contributed by atoms with van der Waals surface area (Å²) in [4.78, 5) is 2.60. The molecule has 0 aliphatic carbocycles. The van der Waals surface area contributed by atoms with E-state index in [2.05, 4.69) is 18.7 Å². The Morgan fingerprint density at radius 2 is 1.60 bits per heavy atom. The van der Waals surface area contributed by atoms with E-state index in [-0.39, 0.29) is 6.29 Å². The summed E-state index contributed by atoms with van der Waals surface area (Å²) in [6, 6.07) is 0.500. The average molecular weight is 283 g/mol. The lowest BCUT2D eigenvalue weighted by molar-refractivity contribution is -0.208. The van der Waals surface area contributed by atoms with E-state index >= 15 is 0 Å². The van der Waals surface area contributed by atoms with Gasteiger partial charge in [-0.2, -0.15) is 0 Å². The first kappa shape index (κ1) is 16.3. The van der Waals surface area contributed by atoms with Crippen LogP contribution >= 0.6 is 0 Å². The predicted octanol–water partition coefficient (Wildman–Crippen LogP) is 3.82. The van der Waals surface area contributed by atoms with Crippen molar-refractivity contribution < 1.29 is 9.47 Å². The molecule has 0 atom stereocenters. The van der Waals surface area contributed by atoms with Crippen molar-refractivity contribution in [2.24, 2.45) is 5.92 Å². The van der Waals surface area contributed by atoms with Crippen LogP contribution in [0.4, 0.5) is 0 Å². The van der Waals surface area contributed by atoms with Gasteiger partial charge in [-0.15, -0.1) is 0 Å². The van der Waals surface area contributed by atoms with Gasteiger partial charge >= 0.3 is 0 Å². The van der Waals surface area contributed by atoms with Crippen molar-refractivity contribution in [1.29, 1.82) is 0 Å². The molecule has 0 saturated carbocycles. The minimum Gasteiger partial charge on any atom is -0.351 e. The number of piperidine rings is 1. The Balaban J connectivity index is 1.62. The van der Waals surface area contributed by atoms with Crippen molar-refractivity contribution in [2.45, 2.75) is 77.5 Å². The molecule has 20 heavy (non-hydrogen) atoms. The first-order chi connectivity index (χ1) is 9.83. The fourth-order valence-electron chi connectivity index (χ4n) is 3.44. The molecule has 2 fully saturated rings. The van der Waals surface area contributed by atoms with Crippen LogP contribution < -0.4 is 0 Å². The van der Waals surface area contributed by atoms with Crippen LogP contribution in [0.2, 0.25) is 0 Å². The summed E-state index contributed by atoms with van der Waals surface area (Å²) >= 11 is 0. The molecule has 0 amide bonds. The third kappa shape index (κ3) is 5.01. The lowest BCUT2D eigenvalue weighted by Gasteiger charge is -2.40. The Labute approximate surface area is 125 Å². The summed E-state index contributed by atoms with van der Waals surface area (Å²) in [5.74, 6) is 0.969. The van der Waals surface area contributed by atoms with Crippen LogP contribution in [0.25, 0.3) is 0 Å². The van der Waals surface area contributed by atoms with Crippen LogP contribution in [0.15, 0.2) is 0 Å². The van der Waals surface area contributed by atoms with Gasteiger partial charge in [-0.1, -0.05) is 46.0 Å². The fourth-order valence-corrected chi connectivity index (χ4v) is 3.44. The number of hydrogen-bond donors (Lipinski definition) is 0. The van der Waals surface area contributed by atoms with Gasteiger partial charge in [0.1, 0.15) is 0 Å². The SMILES string of the molecule is CCCCCC1CCN(C2COC(CCC)OC2)CC1. The minimum atomic E-state index is 0.0582.